The quantitative estimate of drug-likeness (QED) is 0.216. The molecule has 2 heteroatoms. The number of rotatable bonds is 2. The molecule has 0 amide bonds. The van der Waals surface area contributed by atoms with E-state index in [1.165, 1.54) is 71.6 Å². The number of nitrogens with one attached hydrogen (secondary N) is 1. The lowest BCUT2D eigenvalue weighted by atomic mass is 9.68. The molecule has 9 rings (SSSR count). The van der Waals surface area contributed by atoms with Crippen LogP contribution in [-0.4, -0.2) is 7.05 Å². The van der Waals surface area contributed by atoms with Crippen LogP contribution in [0.1, 0.15) is 22.3 Å². The molecule has 0 saturated heterocycles. The molecule has 0 aliphatic heterocycles. The van der Waals surface area contributed by atoms with Crippen LogP contribution < -0.4 is 11.1 Å². The van der Waals surface area contributed by atoms with Gasteiger partial charge in [-0.15, -0.1) is 0 Å². The summed E-state index contributed by atoms with van der Waals surface area (Å²) in [4.78, 5) is 0. The summed E-state index contributed by atoms with van der Waals surface area (Å²) in [6.45, 7) is 0. The Bertz CT molecular complexity index is 2210. The largest absolute Gasteiger partial charge is 0.397 e. The first-order chi connectivity index (χ1) is 20.7. The Morgan fingerprint density at radius 2 is 1.07 bits per heavy atom. The zero-order valence-electron chi connectivity index (χ0n) is 23.3. The summed E-state index contributed by atoms with van der Waals surface area (Å²) >= 11 is 0. The third-order valence-electron chi connectivity index (χ3n) is 9.60. The van der Waals surface area contributed by atoms with Crippen molar-refractivity contribution in [3.63, 3.8) is 0 Å². The van der Waals surface area contributed by atoms with Crippen molar-refractivity contribution in [1.82, 2.24) is 0 Å². The van der Waals surface area contributed by atoms with Crippen molar-refractivity contribution < 1.29 is 0 Å². The summed E-state index contributed by atoms with van der Waals surface area (Å²) in [6, 6.07) is 49.4. The molecule has 1 spiro atoms. The van der Waals surface area contributed by atoms with Gasteiger partial charge < -0.3 is 11.1 Å². The molecule has 0 saturated carbocycles. The lowest BCUT2D eigenvalue weighted by Gasteiger charge is -2.32. The van der Waals surface area contributed by atoms with Crippen LogP contribution in [0.15, 0.2) is 133 Å². The van der Waals surface area contributed by atoms with E-state index < -0.39 is 5.41 Å². The average Bonchev–Trinajstić information content (AvgIpc) is 3.52. The molecule has 0 radical (unpaired) electrons. The van der Waals surface area contributed by atoms with Gasteiger partial charge in [-0.1, -0.05) is 115 Å². The number of hydrogen-bond donors (Lipinski definition) is 2. The Hall–Kier alpha value is -5.34. The molecule has 7 aromatic rings. The minimum Gasteiger partial charge on any atom is -0.397 e. The van der Waals surface area contributed by atoms with Gasteiger partial charge in [-0.3, -0.25) is 0 Å². The van der Waals surface area contributed by atoms with Crippen molar-refractivity contribution in [3.05, 3.63) is 156 Å². The second-order valence-electron chi connectivity index (χ2n) is 11.5. The molecule has 2 aliphatic rings. The van der Waals surface area contributed by atoms with E-state index in [1.807, 2.05) is 7.05 Å². The molecule has 0 unspecified atom stereocenters. The Morgan fingerprint density at radius 3 is 1.76 bits per heavy atom. The molecule has 2 nitrogen and oxygen atoms in total. The van der Waals surface area contributed by atoms with E-state index in [0.29, 0.717) is 0 Å². The van der Waals surface area contributed by atoms with Gasteiger partial charge in [0.2, 0.25) is 0 Å². The molecule has 2 aliphatic carbocycles. The van der Waals surface area contributed by atoms with Crippen LogP contribution in [0.25, 0.3) is 54.9 Å². The number of hydrogen-bond acceptors (Lipinski definition) is 2. The molecule has 0 aromatic heterocycles. The highest BCUT2D eigenvalue weighted by atomic mass is 14.8. The number of benzene rings is 7. The van der Waals surface area contributed by atoms with Crippen LogP contribution in [-0.2, 0) is 5.41 Å². The van der Waals surface area contributed by atoms with Gasteiger partial charge in [0, 0.05) is 7.05 Å². The van der Waals surface area contributed by atoms with E-state index in [-0.39, 0.29) is 0 Å². The summed E-state index contributed by atoms with van der Waals surface area (Å²) in [5.41, 5.74) is 20.8. The van der Waals surface area contributed by atoms with E-state index in [1.54, 1.807) is 0 Å². The normalized spacial score (nSPS) is 13.6. The summed E-state index contributed by atoms with van der Waals surface area (Å²) in [7, 11) is 1.90. The van der Waals surface area contributed by atoms with E-state index in [2.05, 4.69) is 139 Å². The fourth-order valence-corrected chi connectivity index (χ4v) is 7.91. The Kier molecular flexibility index (Phi) is 4.64. The predicted molar refractivity (Wildman–Crippen MR) is 177 cm³/mol. The lowest BCUT2D eigenvalue weighted by Crippen LogP contribution is -2.26. The molecule has 42 heavy (non-hydrogen) atoms. The maximum atomic E-state index is 6.36. The maximum Gasteiger partial charge on any atom is 0.0737 e. The number of anilines is 2. The number of fused-ring (bicyclic) bond motifs is 14. The monoisotopic (exact) mass is 536 g/mol. The van der Waals surface area contributed by atoms with Crippen LogP contribution in [0.4, 0.5) is 11.4 Å². The zero-order chi connectivity index (χ0) is 28.0. The summed E-state index contributed by atoms with van der Waals surface area (Å²) in [6.07, 6.45) is 0. The summed E-state index contributed by atoms with van der Waals surface area (Å²) in [5, 5.41) is 8.30. The third kappa shape index (κ3) is 2.84. The summed E-state index contributed by atoms with van der Waals surface area (Å²) in [5.74, 6) is 0. The Balaban J connectivity index is 1.41. The third-order valence-corrected chi connectivity index (χ3v) is 9.60. The number of nitrogen functional groups attached to an aromatic ring is 1. The highest BCUT2D eigenvalue weighted by Gasteiger charge is 2.53. The smallest absolute Gasteiger partial charge is 0.0737 e. The maximum absolute atomic E-state index is 6.36. The van der Waals surface area contributed by atoms with Gasteiger partial charge in [0.05, 0.1) is 16.8 Å². The molecule has 0 atom stereocenters. The van der Waals surface area contributed by atoms with Crippen LogP contribution >= 0.6 is 0 Å². The molecule has 198 valence electrons. The molecule has 0 fully saturated rings. The van der Waals surface area contributed by atoms with Crippen LogP contribution in [0.2, 0.25) is 0 Å². The van der Waals surface area contributed by atoms with Gasteiger partial charge in [-0.2, -0.15) is 0 Å². The fraction of sp³-hybridized carbons (Fsp3) is 0.0500. The minimum atomic E-state index is -0.404. The van der Waals surface area contributed by atoms with Crippen LogP contribution in [0.5, 0.6) is 0 Å². The second-order valence-corrected chi connectivity index (χ2v) is 11.5. The van der Waals surface area contributed by atoms with E-state index in [4.69, 9.17) is 5.73 Å². The zero-order valence-corrected chi connectivity index (χ0v) is 23.3. The molecular formula is C40H28N2. The molecule has 0 heterocycles. The Labute approximate surface area is 245 Å². The van der Waals surface area contributed by atoms with Gasteiger partial charge in [0.1, 0.15) is 0 Å². The van der Waals surface area contributed by atoms with E-state index in [9.17, 15) is 0 Å². The van der Waals surface area contributed by atoms with E-state index >= 15 is 0 Å². The lowest BCUT2D eigenvalue weighted by molar-refractivity contribution is 0.809. The topological polar surface area (TPSA) is 38.0 Å². The van der Waals surface area contributed by atoms with Gasteiger partial charge in [-0.25, -0.2) is 0 Å². The van der Waals surface area contributed by atoms with Crippen molar-refractivity contribution in [2.45, 2.75) is 5.41 Å². The molecule has 7 aromatic carbocycles. The van der Waals surface area contributed by atoms with Crippen molar-refractivity contribution in [2.75, 3.05) is 18.1 Å². The van der Waals surface area contributed by atoms with Crippen molar-refractivity contribution in [2.24, 2.45) is 0 Å². The fourth-order valence-electron chi connectivity index (χ4n) is 7.91. The van der Waals surface area contributed by atoms with Crippen LogP contribution in [0, 0.1) is 0 Å². The first-order valence-corrected chi connectivity index (χ1v) is 14.6. The second kappa shape index (κ2) is 8.34. The minimum absolute atomic E-state index is 0.404. The van der Waals surface area contributed by atoms with Gasteiger partial charge in [0.15, 0.2) is 0 Å². The highest BCUT2D eigenvalue weighted by molar-refractivity contribution is 6.09. The molecule has 3 N–H and O–H groups in total. The first kappa shape index (κ1) is 23.4. The average molecular weight is 537 g/mol. The van der Waals surface area contributed by atoms with Crippen LogP contribution in [0.3, 0.4) is 0 Å². The van der Waals surface area contributed by atoms with Crippen molar-refractivity contribution in [1.29, 1.82) is 0 Å². The standard InChI is InChI=1S/C40H28N2/c1-42-37-21-17-26(23-36(37)41)25-15-18-29-27(22-25)16-20-33-32-19-14-24-8-2-3-9-28(24)38(32)40(39(29)33)34-12-6-4-10-30(34)31-11-5-7-13-35(31)40/h2-23,42H,41H2,1H3. The van der Waals surface area contributed by atoms with Gasteiger partial charge in [0.25, 0.3) is 0 Å². The number of nitrogens with two attached hydrogens (primary N) is 1. The highest BCUT2D eigenvalue weighted by Crippen LogP contribution is 2.65. The molecular weight excluding hydrogens is 508 g/mol. The van der Waals surface area contributed by atoms with Gasteiger partial charge in [-0.05, 0) is 95.4 Å². The first-order valence-electron chi connectivity index (χ1n) is 14.6. The van der Waals surface area contributed by atoms with Crippen molar-refractivity contribution in [3.8, 4) is 33.4 Å². The predicted octanol–water partition coefficient (Wildman–Crippen LogP) is 9.63. The van der Waals surface area contributed by atoms with Gasteiger partial charge >= 0.3 is 0 Å². The molecule has 0 bridgehead atoms. The Morgan fingerprint density at radius 1 is 0.500 bits per heavy atom. The SMILES string of the molecule is CNc1ccc(-c2ccc3c4c(ccc3c2)-c2ccc3ccccc3c2C42c3ccccc3-c3ccccc32)cc1N. The summed E-state index contributed by atoms with van der Waals surface area (Å²) < 4.78 is 0. The van der Waals surface area contributed by atoms with E-state index in [0.717, 1.165) is 16.9 Å². The van der Waals surface area contributed by atoms with Crippen molar-refractivity contribution >= 4 is 32.9 Å².